The smallest absolute Gasteiger partial charge is 0.261 e. The summed E-state index contributed by atoms with van der Waals surface area (Å²) in [6, 6.07) is 21.4. The molecule has 0 spiro atoms. The van der Waals surface area contributed by atoms with E-state index in [-0.39, 0.29) is 23.4 Å². The van der Waals surface area contributed by atoms with Crippen LogP contribution in [0.15, 0.2) is 60.7 Å². The van der Waals surface area contributed by atoms with Gasteiger partial charge in [0, 0.05) is 0 Å². The molecule has 0 saturated carbocycles. The molecule has 1 aliphatic rings. The minimum Gasteiger partial charge on any atom is -0.405 e. The van der Waals surface area contributed by atoms with Gasteiger partial charge in [0.2, 0.25) is 0 Å². The summed E-state index contributed by atoms with van der Waals surface area (Å²) in [5.41, 5.74) is 0. The number of aliphatic hydroxyl groups is 1. The van der Waals surface area contributed by atoms with Gasteiger partial charge >= 0.3 is 0 Å². The first-order valence-electron chi connectivity index (χ1n) is 11.5. The predicted octanol–water partition coefficient (Wildman–Crippen LogP) is 4.66. The number of unbranched alkanes of at least 4 members (excludes halogenated alkanes) is 3. The first kappa shape index (κ1) is 23.2. The maximum atomic E-state index is 10.5. The standard InChI is InChI=1S/C26H38O3Si/c1-5-6-7-14-19-23(27)25-24(29-25)20-28-30(26(2,3)4,21-15-10-8-11-16-21)22-17-12-9-13-18-22/h8-13,15-18,23-25,27H,5-7,14,19-20H2,1-4H3/t23-,24-,25-/m1/s1. The normalized spacial score (nSPS) is 20.2. The highest BCUT2D eigenvalue weighted by Crippen LogP contribution is 2.38. The molecule has 30 heavy (non-hydrogen) atoms. The summed E-state index contributed by atoms with van der Waals surface area (Å²) in [7, 11) is -2.53. The summed E-state index contributed by atoms with van der Waals surface area (Å²) >= 11 is 0. The lowest BCUT2D eigenvalue weighted by Gasteiger charge is -2.43. The van der Waals surface area contributed by atoms with Crippen molar-refractivity contribution in [1.82, 2.24) is 0 Å². The molecule has 1 heterocycles. The SMILES string of the molecule is CCCCCC[C@@H](O)[C@H]1O[C@@H]1CO[Si](c1ccccc1)(c1ccccc1)C(C)(C)C. The zero-order chi connectivity index (χ0) is 21.6. The van der Waals surface area contributed by atoms with Crippen molar-refractivity contribution in [2.75, 3.05) is 6.61 Å². The van der Waals surface area contributed by atoms with Crippen LogP contribution in [0.5, 0.6) is 0 Å². The second kappa shape index (κ2) is 10.2. The fourth-order valence-corrected chi connectivity index (χ4v) is 9.11. The summed E-state index contributed by atoms with van der Waals surface area (Å²) in [6.45, 7) is 9.59. The van der Waals surface area contributed by atoms with E-state index >= 15 is 0 Å². The van der Waals surface area contributed by atoms with Crippen molar-refractivity contribution < 1.29 is 14.3 Å². The zero-order valence-corrected chi connectivity index (χ0v) is 20.0. The van der Waals surface area contributed by atoms with Crippen LogP contribution in [0, 0.1) is 0 Å². The van der Waals surface area contributed by atoms with E-state index < -0.39 is 8.32 Å². The van der Waals surface area contributed by atoms with Crippen LogP contribution in [0.2, 0.25) is 5.04 Å². The van der Waals surface area contributed by atoms with Gasteiger partial charge in [-0.15, -0.1) is 0 Å². The molecule has 3 rings (SSSR count). The Kier molecular flexibility index (Phi) is 7.91. The lowest BCUT2D eigenvalue weighted by Crippen LogP contribution is -2.66. The number of hydrogen-bond acceptors (Lipinski definition) is 3. The van der Waals surface area contributed by atoms with Crippen molar-refractivity contribution in [2.45, 2.75) is 83.1 Å². The fraction of sp³-hybridized carbons (Fsp3) is 0.538. The molecule has 0 unspecified atom stereocenters. The van der Waals surface area contributed by atoms with E-state index in [1.807, 2.05) is 0 Å². The van der Waals surface area contributed by atoms with Gasteiger partial charge < -0.3 is 14.3 Å². The average Bonchev–Trinajstić information content (AvgIpc) is 3.52. The number of aliphatic hydroxyl groups excluding tert-OH is 1. The minimum atomic E-state index is -2.53. The first-order chi connectivity index (χ1) is 14.4. The van der Waals surface area contributed by atoms with Gasteiger partial charge in [-0.25, -0.2) is 0 Å². The molecule has 4 heteroatoms. The molecular weight excluding hydrogens is 388 g/mol. The number of ether oxygens (including phenoxy) is 1. The van der Waals surface area contributed by atoms with Gasteiger partial charge in [0.1, 0.15) is 12.2 Å². The third-order valence-corrected chi connectivity index (χ3v) is 11.2. The van der Waals surface area contributed by atoms with Crippen molar-refractivity contribution in [1.29, 1.82) is 0 Å². The Morgan fingerprint density at radius 3 is 2.00 bits per heavy atom. The van der Waals surface area contributed by atoms with Crippen LogP contribution in [0.3, 0.4) is 0 Å². The van der Waals surface area contributed by atoms with E-state index in [2.05, 4.69) is 88.4 Å². The Labute approximate surface area is 183 Å². The lowest BCUT2D eigenvalue weighted by molar-refractivity contribution is 0.123. The minimum absolute atomic E-state index is 0.00664. The first-order valence-corrected chi connectivity index (χ1v) is 13.4. The van der Waals surface area contributed by atoms with Gasteiger partial charge in [-0.2, -0.15) is 0 Å². The van der Waals surface area contributed by atoms with Crippen LogP contribution in [-0.4, -0.2) is 38.3 Å². The Bertz CT molecular complexity index is 717. The molecule has 1 fully saturated rings. The Morgan fingerprint density at radius 1 is 0.933 bits per heavy atom. The third-order valence-electron chi connectivity index (χ3n) is 6.24. The predicted molar refractivity (Wildman–Crippen MR) is 127 cm³/mol. The fourth-order valence-electron chi connectivity index (χ4n) is 4.54. The largest absolute Gasteiger partial charge is 0.405 e. The van der Waals surface area contributed by atoms with Crippen molar-refractivity contribution >= 4 is 18.7 Å². The molecule has 1 aliphatic heterocycles. The summed E-state index contributed by atoms with van der Waals surface area (Å²) in [4.78, 5) is 0. The molecule has 1 saturated heterocycles. The molecule has 0 bridgehead atoms. The highest BCUT2D eigenvalue weighted by atomic mass is 28.4. The van der Waals surface area contributed by atoms with E-state index in [0.717, 1.165) is 12.8 Å². The van der Waals surface area contributed by atoms with Crippen LogP contribution >= 0.6 is 0 Å². The molecule has 2 aromatic rings. The zero-order valence-electron chi connectivity index (χ0n) is 19.0. The number of rotatable bonds is 11. The number of epoxide rings is 1. The van der Waals surface area contributed by atoms with Gasteiger partial charge in [-0.3, -0.25) is 0 Å². The molecule has 3 atom stereocenters. The van der Waals surface area contributed by atoms with E-state index in [1.54, 1.807) is 0 Å². The molecule has 164 valence electrons. The molecule has 0 amide bonds. The maximum Gasteiger partial charge on any atom is 0.261 e. The van der Waals surface area contributed by atoms with Crippen LogP contribution in [-0.2, 0) is 9.16 Å². The molecular formula is C26H38O3Si. The molecule has 0 radical (unpaired) electrons. The molecule has 1 N–H and O–H groups in total. The second-order valence-electron chi connectivity index (χ2n) is 9.53. The Hall–Kier alpha value is -1.46. The van der Waals surface area contributed by atoms with Crippen LogP contribution in [0.25, 0.3) is 0 Å². The summed E-state index contributed by atoms with van der Waals surface area (Å²) in [5, 5.41) is 13.0. The highest BCUT2D eigenvalue weighted by Gasteiger charge is 2.52. The average molecular weight is 427 g/mol. The van der Waals surface area contributed by atoms with Crippen molar-refractivity contribution in [3.8, 4) is 0 Å². The highest BCUT2D eigenvalue weighted by molar-refractivity contribution is 6.99. The third kappa shape index (κ3) is 5.23. The van der Waals surface area contributed by atoms with Crippen LogP contribution in [0.4, 0.5) is 0 Å². The van der Waals surface area contributed by atoms with Gasteiger partial charge in [0.25, 0.3) is 8.32 Å². The monoisotopic (exact) mass is 426 g/mol. The Balaban J connectivity index is 1.75. The van der Waals surface area contributed by atoms with Gasteiger partial charge in [-0.05, 0) is 21.8 Å². The molecule has 3 nitrogen and oxygen atoms in total. The maximum absolute atomic E-state index is 10.5. The van der Waals surface area contributed by atoms with Crippen molar-refractivity contribution in [2.24, 2.45) is 0 Å². The lowest BCUT2D eigenvalue weighted by atomic mass is 10.1. The van der Waals surface area contributed by atoms with E-state index in [4.69, 9.17) is 9.16 Å². The van der Waals surface area contributed by atoms with E-state index in [9.17, 15) is 5.11 Å². The van der Waals surface area contributed by atoms with Crippen LogP contribution < -0.4 is 10.4 Å². The summed E-state index contributed by atoms with van der Waals surface area (Å²) in [5.74, 6) is 0. The molecule has 0 aliphatic carbocycles. The van der Waals surface area contributed by atoms with Gasteiger partial charge in [-0.1, -0.05) is 114 Å². The second-order valence-corrected chi connectivity index (χ2v) is 13.8. The van der Waals surface area contributed by atoms with Crippen molar-refractivity contribution in [3.63, 3.8) is 0 Å². The molecule has 0 aromatic heterocycles. The summed E-state index contributed by atoms with van der Waals surface area (Å²) in [6.07, 6.45) is 5.05. The van der Waals surface area contributed by atoms with E-state index in [1.165, 1.54) is 29.6 Å². The van der Waals surface area contributed by atoms with Crippen LogP contribution in [0.1, 0.15) is 59.8 Å². The number of benzene rings is 2. The molecule has 2 aromatic carbocycles. The number of hydrogen-bond donors (Lipinski definition) is 1. The summed E-state index contributed by atoms with van der Waals surface area (Å²) < 4.78 is 12.8. The Morgan fingerprint density at radius 2 is 1.50 bits per heavy atom. The van der Waals surface area contributed by atoms with Gasteiger partial charge in [0.15, 0.2) is 0 Å². The quantitative estimate of drug-likeness (QED) is 0.323. The van der Waals surface area contributed by atoms with E-state index in [0.29, 0.717) is 6.61 Å². The van der Waals surface area contributed by atoms with Gasteiger partial charge in [0.05, 0.1) is 12.7 Å². The topological polar surface area (TPSA) is 42.0 Å². The van der Waals surface area contributed by atoms with Crippen molar-refractivity contribution in [3.05, 3.63) is 60.7 Å².